The van der Waals surface area contributed by atoms with E-state index in [4.69, 9.17) is 4.74 Å². The number of benzene rings is 1. The SMILES string of the molecule is O=C1C[C@@H]2C(COCc3ccccc3)C=C[C@H]12. The third-order valence-corrected chi connectivity index (χ3v) is 3.81. The second-order valence-electron chi connectivity index (χ2n) is 4.91. The summed E-state index contributed by atoms with van der Waals surface area (Å²) in [6.07, 6.45) is 4.97. The average Bonchev–Trinajstić information content (AvgIpc) is 2.67. The van der Waals surface area contributed by atoms with Gasteiger partial charge in [0, 0.05) is 18.3 Å². The van der Waals surface area contributed by atoms with Crippen molar-refractivity contribution >= 4 is 5.78 Å². The van der Waals surface area contributed by atoms with Crippen molar-refractivity contribution in [3.63, 3.8) is 0 Å². The van der Waals surface area contributed by atoms with Gasteiger partial charge in [-0.05, 0) is 11.5 Å². The predicted molar refractivity (Wildman–Crippen MR) is 65.3 cm³/mol. The van der Waals surface area contributed by atoms with E-state index < -0.39 is 0 Å². The second kappa shape index (κ2) is 4.46. The van der Waals surface area contributed by atoms with E-state index in [-0.39, 0.29) is 5.92 Å². The number of hydrogen-bond donors (Lipinski definition) is 0. The Hall–Kier alpha value is -1.41. The van der Waals surface area contributed by atoms with Gasteiger partial charge in [0.1, 0.15) is 5.78 Å². The molecule has 2 heteroatoms. The van der Waals surface area contributed by atoms with Gasteiger partial charge in [0.15, 0.2) is 0 Å². The Morgan fingerprint density at radius 2 is 2.00 bits per heavy atom. The molecule has 0 amide bonds. The number of allylic oxidation sites excluding steroid dienone is 1. The van der Waals surface area contributed by atoms with E-state index in [0.29, 0.717) is 24.2 Å². The Morgan fingerprint density at radius 1 is 1.18 bits per heavy atom. The summed E-state index contributed by atoms with van der Waals surface area (Å²) in [7, 11) is 0. The Bertz CT molecular complexity index is 435. The molecule has 1 fully saturated rings. The highest BCUT2D eigenvalue weighted by Crippen LogP contribution is 2.43. The van der Waals surface area contributed by atoms with E-state index in [1.807, 2.05) is 18.2 Å². The molecule has 1 aromatic carbocycles. The third kappa shape index (κ3) is 2.05. The molecule has 0 heterocycles. The number of rotatable bonds is 4. The van der Waals surface area contributed by atoms with E-state index in [1.54, 1.807) is 0 Å². The molecule has 88 valence electrons. The van der Waals surface area contributed by atoms with Gasteiger partial charge in [-0.2, -0.15) is 0 Å². The van der Waals surface area contributed by atoms with Crippen molar-refractivity contribution in [3.8, 4) is 0 Å². The van der Waals surface area contributed by atoms with E-state index in [0.717, 1.165) is 13.0 Å². The fraction of sp³-hybridized carbons (Fsp3) is 0.400. The molecular formula is C15H16O2. The van der Waals surface area contributed by atoms with Crippen LogP contribution in [0.3, 0.4) is 0 Å². The molecule has 3 atom stereocenters. The molecule has 1 aromatic rings. The van der Waals surface area contributed by atoms with Crippen molar-refractivity contribution in [1.29, 1.82) is 0 Å². The first-order valence-corrected chi connectivity index (χ1v) is 6.17. The van der Waals surface area contributed by atoms with Gasteiger partial charge in [-0.1, -0.05) is 42.5 Å². The van der Waals surface area contributed by atoms with Crippen molar-refractivity contribution < 1.29 is 9.53 Å². The maximum atomic E-state index is 11.3. The fourth-order valence-corrected chi connectivity index (χ4v) is 2.71. The Morgan fingerprint density at radius 3 is 2.71 bits per heavy atom. The summed E-state index contributed by atoms with van der Waals surface area (Å²) in [4.78, 5) is 11.3. The molecule has 0 aromatic heterocycles. The largest absolute Gasteiger partial charge is 0.376 e. The van der Waals surface area contributed by atoms with Crippen LogP contribution in [0.5, 0.6) is 0 Å². The molecule has 0 aliphatic heterocycles. The lowest BCUT2D eigenvalue weighted by Crippen LogP contribution is -2.37. The van der Waals surface area contributed by atoms with E-state index in [2.05, 4.69) is 24.3 Å². The zero-order valence-corrected chi connectivity index (χ0v) is 9.71. The van der Waals surface area contributed by atoms with Gasteiger partial charge in [-0.15, -0.1) is 0 Å². The molecule has 2 nitrogen and oxygen atoms in total. The lowest BCUT2D eigenvalue weighted by atomic mass is 9.71. The molecule has 3 rings (SSSR count). The van der Waals surface area contributed by atoms with Gasteiger partial charge < -0.3 is 4.74 Å². The minimum atomic E-state index is 0.209. The van der Waals surface area contributed by atoms with Crippen molar-refractivity contribution in [1.82, 2.24) is 0 Å². The van der Waals surface area contributed by atoms with Crippen LogP contribution in [0.25, 0.3) is 0 Å². The average molecular weight is 228 g/mol. The van der Waals surface area contributed by atoms with Gasteiger partial charge in [0.05, 0.1) is 13.2 Å². The summed E-state index contributed by atoms with van der Waals surface area (Å²) in [5.74, 6) is 1.58. The Kier molecular flexibility index (Phi) is 2.81. The van der Waals surface area contributed by atoms with E-state index >= 15 is 0 Å². The minimum absolute atomic E-state index is 0.209. The molecule has 0 N–H and O–H groups in total. The highest BCUT2D eigenvalue weighted by Gasteiger charge is 2.45. The lowest BCUT2D eigenvalue weighted by molar-refractivity contribution is -0.132. The minimum Gasteiger partial charge on any atom is -0.376 e. The number of Topliss-reactive ketones (excluding diaryl/α,β-unsaturated/α-hetero) is 1. The third-order valence-electron chi connectivity index (χ3n) is 3.81. The maximum Gasteiger partial charge on any atom is 0.140 e. The van der Waals surface area contributed by atoms with Gasteiger partial charge in [-0.25, -0.2) is 0 Å². The molecule has 0 radical (unpaired) electrons. The van der Waals surface area contributed by atoms with Crippen LogP contribution in [-0.4, -0.2) is 12.4 Å². The molecule has 2 aliphatic carbocycles. The van der Waals surface area contributed by atoms with Crippen LogP contribution in [-0.2, 0) is 16.1 Å². The highest BCUT2D eigenvalue weighted by atomic mass is 16.5. The molecule has 1 unspecified atom stereocenters. The first kappa shape index (κ1) is 10.7. The van der Waals surface area contributed by atoms with Crippen molar-refractivity contribution in [2.45, 2.75) is 13.0 Å². The molecule has 0 spiro atoms. The van der Waals surface area contributed by atoms with Gasteiger partial charge >= 0.3 is 0 Å². The van der Waals surface area contributed by atoms with Crippen LogP contribution in [0.15, 0.2) is 42.5 Å². The topological polar surface area (TPSA) is 26.3 Å². The van der Waals surface area contributed by atoms with E-state index in [9.17, 15) is 4.79 Å². The van der Waals surface area contributed by atoms with Crippen molar-refractivity contribution in [2.75, 3.05) is 6.61 Å². The number of fused-ring (bicyclic) bond motifs is 1. The summed E-state index contributed by atoms with van der Waals surface area (Å²) in [5, 5.41) is 0. The van der Waals surface area contributed by atoms with Crippen LogP contribution >= 0.6 is 0 Å². The van der Waals surface area contributed by atoms with Crippen molar-refractivity contribution in [3.05, 3.63) is 48.0 Å². The second-order valence-corrected chi connectivity index (χ2v) is 4.91. The maximum absolute atomic E-state index is 11.3. The first-order valence-electron chi connectivity index (χ1n) is 6.17. The Labute approximate surface area is 101 Å². The van der Waals surface area contributed by atoms with Crippen LogP contribution < -0.4 is 0 Å². The number of ether oxygens (including phenoxy) is 1. The Balaban J connectivity index is 1.47. The van der Waals surface area contributed by atoms with Crippen LogP contribution in [0, 0.1) is 17.8 Å². The fourth-order valence-electron chi connectivity index (χ4n) is 2.71. The lowest BCUT2D eigenvalue weighted by Gasteiger charge is -2.32. The van der Waals surface area contributed by atoms with Crippen molar-refractivity contribution in [2.24, 2.45) is 17.8 Å². The summed E-state index contributed by atoms with van der Waals surface area (Å²) in [6, 6.07) is 10.2. The quantitative estimate of drug-likeness (QED) is 0.740. The van der Waals surface area contributed by atoms with Crippen LogP contribution in [0.4, 0.5) is 0 Å². The first-order chi connectivity index (χ1) is 8.34. The highest BCUT2D eigenvalue weighted by molar-refractivity contribution is 5.90. The normalized spacial score (nSPS) is 30.1. The molecule has 17 heavy (non-hydrogen) atoms. The van der Waals surface area contributed by atoms with Gasteiger partial charge in [0.25, 0.3) is 0 Å². The van der Waals surface area contributed by atoms with Gasteiger partial charge in [0.2, 0.25) is 0 Å². The number of hydrogen-bond acceptors (Lipinski definition) is 2. The van der Waals surface area contributed by atoms with Crippen LogP contribution in [0.1, 0.15) is 12.0 Å². The zero-order chi connectivity index (χ0) is 11.7. The zero-order valence-electron chi connectivity index (χ0n) is 9.71. The monoisotopic (exact) mass is 228 g/mol. The summed E-state index contributed by atoms with van der Waals surface area (Å²) < 4.78 is 5.73. The summed E-state index contributed by atoms with van der Waals surface area (Å²) in [6.45, 7) is 1.40. The molecule has 1 saturated carbocycles. The number of ketones is 1. The molecule has 2 aliphatic rings. The number of carbonyl (C=O) groups excluding carboxylic acids is 1. The number of carbonyl (C=O) groups is 1. The van der Waals surface area contributed by atoms with E-state index in [1.165, 1.54) is 5.56 Å². The standard InChI is InChI=1S/C15H16O2/c16-15-8-14-12(6-7-13(14)15)10-17-9-11-4-2-1-3-5-11/h1-7,12-14H,8-10H2/t12?,13-,14+/m0/s1. The molecular weight excluding hydrogens is 212 g/mol. The smallest absolute Gasteiger partial charge is 0.140 e. The van der Waals surface area contributed by atoms with Gasteiger partial charge in [-0.3, -0.25) is 4.79 Å². The summed E-state index contributed by atoms with van der Waals surface area (Å²) in [5.41, 5.74) is 1.20. The predicted octanol–water partition coefficient (Wildman–Crippen LogP) is 2.59. The summed E-state index contributed by atoms with van der Waals surface area (Å²) >= 11 is 0. The van der Waals surface area contributed by atoms with Crippen LogP contribution in [0.2, 0.25) is 0 Å². The molecule has 0 bridgehead atoms. The molecule has 0 saturated heterocycles.